The van der Waals surface area contributed by atoms with E-state index in [1.165, 1.54) is 6.92 Å². The Bertz CT molecular complexity index is 211. The van der Waals surface area contributed by atoms with Crippen molar-refractivity contribution in [2.75, 3.05) is 13.7 Å². The van der Waals surface area contributed by atoms with Gasteiger partial charge in [0.15, 0.2) is 5.60 Å². The molecule has 1 atom stereocenters. The van der Waals surface area contributed by atoms with Crippen LogP contribution in [0.3, 0.4) is 0 Å². The minimum atomic E-state index is -1.68. The molecule has 0 spiro atoms. The van der Waals surface area contributed by atoms with Crippen LogP contribution in [0, 0.1) is 0 Å². The first-order chi connectivity index (χ1) is 6.45. The summed E-state index contributed by atoms with van der Waals surface area (Å²) in [5.74, 6) is -1.20. The van der Waals surface area contributed by atoms with Gasteiger partial charge in [-0.2, -0.15) is 0 Å². The molecule has 0 radical (unpaired) electrons. The number of hydrogen-bond donors (Lipinski definition) is 3. The van der Waals surface area contributed by atoms with Crippen LogP contribution in [0.1, 0.15) is 19.8 Å². The Labute approximate surface area is 83.1 Å². The van der Waals surface area contributed by atoms with Crippen LogP contribution in [0.4, 0.5) is 0 Å². The lowest BCUT2D eigenvalue weighted by Crippen LogP contribution is -2.52. The maximum atomic E-state index is 10.5. The fourth-order valence-electron chi connectivity index (χ4n) is 1.34. The number of nitrogens with one attached hydrogen (secondary N) is 1. The Morgan fingerprint density at radius 3 is 2.64 bits per heavy atom. The number of hydrogen-bond acceptors (Lipinski definition) is 4. The van der Waals surface area contributed by atoms with E-state index < -0.39 is 11.6 Å². The summed E-state index contributed by atoms with van der Waals surface area (Å²) in [7, 11) is 1.66. The minimum absolute atomic E-state index is 0.0729. The van der Waals surface area contributed by atoms with Gasteiger partial charge in [-0.05, 0) is 19.8 Å². The summed E-state index contributed by atoms with van der Waals surface area (Å²) in [5.41, 5.74) is -1.68. The number of carboxylic acids is 1. The summed E-state index contributed by atoms with van der Waals surface area (Å²) in [6, 6.07) is 0.269. The van der Waals surface area contributed by atoms with E-state index in [2.05, 4.69) is 5.32 Å². The van der Waals surface area contributed by atoms with Gasteiger partial charge in [-0.3, -0.25) is 0 Å². The second kappa shape index (κ2) is 4.25. The molecule has 1 unspecified atom stereocenters. The molecule has 0 aliphatic heterocycles. The second-order valence-electron chi connectivity index (χ2n) is 3.99. The van der Waals surface area contributed by atoms with Gasteiger partial charge in [0.1, 0.15) is 0 Å². The van der Waals surface area contributed by atoms with Crippen LogP contribution in [-0.2, 0) is 9.53 Å². The molecular weight excluding hydrogens is 186 g/mol. The highest BCUT2D eigenvalue weighted by molar-refractivity contribution is 5.76. The maximum Gasteiger partial charge on any atom is 0.336 e. The summed E-state index contributed by atoms with van der Waals surface area (Å²) in [6.07, 6.45) is 2.04. The first kappa shape index (κ1) is 11.4. The third kappa shape index (κ3) is 2.67. The Morgan fingerprint density at radius 1 is 1.64 bits per heavy atom. The van der Waals surface area contributed by atoms with Gasteiger partial charge in [0, 0.05) is 19.7 Å². The molecule has 1 aliphatic rings. The molecule has 0 aromatic carbocycles. The summed E-state index contributed by atoms with van der Waals surface area (Å²) < 4.78 is 5.08. The number of aliphatic carboxylic acids is 1. The molecule has 5 heteroatoms. The molecule has 0 saturated heterocycles. The van der Waals surface area contributed by atoms with E-state index in [9.17, 15) is 9.90 Å². The van der Waals surface area contributed by atoms with Gasteiger partial charge in [-0.15, -0.1) is 0 Å². The lowest BCUT2D eigenvalue weighted by Gasteiger charge is -2.36. The van der Waals surface area contributed by atoms with Gasteiger partial charge in [0.05, 0.1) is 6.10 Å². The number of carbonyl (C=O) groups is 1. The summed E-state index contributed by atoms with van der Waals surface area (Å²) in [5, 5.41) is 21.0. The highest BCUT2D eigenvalue weighted by Crippen LogP contribution is 2.22. The average Bonchev–Trinajstić information content (AvgIpc) is 2.01. The summed E-state index contributed by atoms with van der Waals surface area (Å²) in [4.78, 5) is 10.5. The fraction of sp³-hybridized carbons (Fsp3) is 0.889. The van der Waals surface area contributed by atoms with Crippen molar-refractivity contribution >= 4 is 5.97 Å². The first-order valence-corrected chi connectivity index (χ1v) is 4.67. The molecule has 1 rings (SSSR count). The number of methoxy groups -OCH3 is 1. The van der Waals surface area contributed by atoms with Crippen LogP contribution in [0.5, 0.6) is 0 Å². The smallest absolute Gasteiger partial charge is 0.336 e. The molecule has 0 amide bonds. The molecule has 0 aromatic rings. The predicted molar refractivity (Wildman–Crippen MR) is 50.1 cm³/mol. The second-order valence-corrected chi connectivity index (χ2v) is 3.99. The van der Waals surface area contributed by atoms with Crippen LogP contribution in [0.2, 0.25) is 0 Å². The van der Waals surface area contributed by atoms with Crippen molar-refractivity contribution in [1.82, 2.24) is 5.32 Å². The largest absolute Gasteiger partial charge is 0.479 e. The van der Waals surface area contributed by atoms with E-state index in [1.807, 2.05) is 0 Å². The van der Waals surface area contributed by atoms with Crippen molar-refractivity contribution < 1.29 is 19.7 Å². The molecule has 1 fully saturated rings. The van der Waals surface area contributed by atoms with Crippen molar-refractivity contribution in [3.63, 3.8) is 0 Å². The zero-order valence-electron chi connectivity index (χ0n) is 8.49. The molecule has 0 bridgehead atoms. The van der Waals surface area contributed by atoms with Crippen molar-refractivity contribution in [2.45, 2.75) is 37.5 Å². The lowest BCUT2D eigenvalue weighted by atomic mass is 9.88. The van der Waals surface area contributed by atoms with Crippen LogP contribution in [0.15, 0.2) is 0 Å². The predicted octanol–water partition coefficient (Wildman–Crippen LogP) is -0.411. The standard InChI is InChI=1S/C9H17NO4/c1-9(13,8(11)12)5-10-6-3-7(4-6)14-2/h6-7,10,13H,3-5H2,1-2H3,(H,11,12). The van der Waals surface area contributed by atoms with Crippen molar-refractivity contribution in [2.24, 2.45) is 0 Å². The van der Waals surface area contributed by atoms with Crippen molar-refractivity contribution in [3.05, 3.63) is 0 Å². The minimum Gasteiger partial charge on any atom is -0.479 e. The third-order valence-electron chi connectivity index (χ3n) is 2.62. The highest BCUT2D eigenvalue weighted by Gasteiger charge is 2.34. The molecule has 3 N–H and O–H groups in total. The third-order valence-corrected chi connectivity index (χ3v) is 2.62. The van der Waals surface area contributed by atoms with E-state index in [0.717, 1.165) is 12.8 Å². The lowest BCUT2D eigenvalue weighted by molar-refractivity contribution is -0.156. The Hall–Kier alpha value is -0.650. The van der Waals surface area contributed by atoms with E-state index in [0.29, 0.717) is 0 Å². The molecule has 0 aromatic heterocycles. The molecule has 0 heterocycles. The number of ether oxygens (including phenoxy) is 1. The number of aliphatic hydroxyl groups is 1. The summed E-state index contributed by atoms with van der Waals surface area (Å²) in [6.45, 7) is 1.36. The van der Waals surface area contributed by atoms with E-state index in [-0.39, 0.29) is 18.7 Å². The molecule has 1 aliphatic carbocycles. The maximum absolute atomic E-state index is 10.5. The van der Waals surface area contributed by atoms with Gasteiger partial charge in [-0.25, -0.2) is 4.79 Å². The van der Waals surface area contributed by atoms with Crippen LogP contribution < -0.4 is 5.32 Å². The van der Waals surface area contributed by atoms with E-state index >= 15 is 0 Å². The quantitative estimate of drug-likeness (QED) is 0.566. The zero-order valence-corrected chi connectivity index (χ0v) is 8.49. The van der Waals surface area contributed by atoms with Gasteiger partial charge in [-0.1, -0.05) is 0 Å². The van der Waals surface area contributed by atoms with Gasteiger partial charge >= 0.3 is 5.97 Å². The topological polar surface area (TPSA) is 78.8 Å². The Morgan fingerprint density at radius 2 is 2.21 bits per heavy atom. The molecule has 1 saturated carbocycles. The van der Waals surface area contributed by atoms with E-state index in [1.54, 1.807) is 7.11 Å². The highest BCUT2D eigenvalue weighted by atomic mass is 16.5. The zero-order chi connectivity index (χ0) is 10.8. The van der Waals surface area contributed by atoms with Crippen LogP contribution in [0.25, 0.3) is 0 Å². The van der Waals surface area contributed by atoms with Gasteiger partial charge < -0.3 is 20.3 Å². The Balaban J connectivity index is 2.19. The fourth-order valence-corrected chi connectivity index (χ4v) is 1.34. The normalized spacial score (nSPS) is 30.5. The average molecular weight is 203 g/mol. The molecule has 82 valence electrons. The van der Waals surface area contributed by atoms with Crippen LogP contribution >= 0.6 is 0 Å². The summed E-state index contributed by atoms with van der Waals surface area (Å²) >= 11 is 0. The molecular formula is C9H17NO4. The number of rotatable bonds is 5. The van der Waals surface area contributed by atoms with Crippen molar-refractivity contribution in [3.8, 4) is 0 Å². The molecule has 14 heavy (non-hydrogen) atoms. The van der Waals surface area contributed by atoms with Gasteiger partial charge in [0.25, 0.3) is 0 Å². The Kier molecular flexibility index (Phi) is 3.47. The van der Waals surface area contributed by atoms with Gasteiger partial charge in [0.2, 0.25) is 0 Å². The van der Waals surface area contributed by atoms with Crippen molar-refractivity contribution in [1.29, 1.82) is 0 Å². The first-order valence-electron chi connectivity index (χ1n) is 4.67. The number of carboxylic acid groups (broad SMARTS) is 1. The van der Waals surface area contributed by atoms with E-state index in [4.69, 9.17) is 9.84 Å². The SMILES string of the molecule is COC1CC(NCC(C)(O)C(=O)O)C1. The monoisotopic (exact) mass is 203 g/mol. The molecule has 5 nitrogen and oxygen atoms in total. The van der Waals surface area contributed by atoms with Crippen LogP contribution in [-0.4, -0.2) is 47.6 Å².